The molecular weight excluding hydrogens is 376 g/mol. The summed E-state index contributed by atoms with van der Waals surface area (Å²) < 4.78 is 2.20. The average molecular weight is 407 g/mol. The predicted molar refractivity (Wildman–Crippen MR) is 118 cm³/mol. The molecule has 4 rings (SSSR count). The number of imidazole rings is 1. The number of fused-ring (bicyclic) bond motifs is 1. The van der Waals surface area contributed by atoms with Gasteiger partial charge in [-0.25, -0.2) is 9.78 Å². The lowest BCUT2D eigenvalue weighted by Gasteiger charge is -2.32. The number of hydrogen-bond acceptors (Lipinski definition) is 4. The van der Waals surface area contributed by atoms with Crippen LogP contribution in [-0.2, 0) is 0 Å². The van der Waals surface area contributed by atoms with E-state index >= 15 is 0 Å². The maximum absolute atomic E-state index is 12.3. The highest BCUT2D eigenvalue weighted by molar-refractivity contribution is 5.90. The van der Waals surface area contributed by atoms with Crippen molar-refractivity contribution in [3.8, 4) is 11.3 Å². The molecule has 1 aliphatic rings. The fourth-order valence-electron chi connectivity index (χ4n) is 4.09. The first-order valence-electron chi connectivity index (χ1n) is 10.8. The maximum Gasteiger partial charge on any atom is 0.317 e. The van der Waals surface area contributed by atoms with Crippen LogP contribution in [-0.4, -0.2) is 49.6 Å². The van der Waals surface area contributed by atoms with Crippen molar-refractivity contribution in [1.82, 2.24) is 29.7 Å². The van der Waals surface area contributed by atoms with Gasteiger partial charge in [0, 0.05) is 54.7 Å². The number of aromatic nitrogens is 4. The molecule has 0 spiro atoms. The van der Waals surface area contributed by atoms with Gasteiger partial charge in [-0.15, -0.1) is 0 Å². The Morgan fingerprint density at radius 2 is 1.97 bits per heavy atom. The summed E-state index contributed by atoms with van der Waals surface area (Å²) in [7, 11) is 0. The second kappa shape index (κ2) is 8.42. The number of piperidine rings is 1. The highest BCUT2D eigenvalue weighted by Crippen LogP contribution is 2.33. The van der Waals surface area contributed by atoms with Gasteiger partial charge in [-0.3, -0.25) is 9.97 Å². The van der Waals surface area contributed by atoms with Gasteiger partial charge in [0.05, 0.1) is 17.5 Å². The molecule has 2 amide bonds. The minimum absolute atomic E-state index is 0.0285. The van der Waals surface area contributed by atoms with Crippen molar-refractivity contribution in [2.24, 2.45) is 0 Å². The van der Waals surface area contributed by atoms with Crippen molar-refractivity contribution in [2.75, 3.05) is 13.1 Å². The Morgan fingerprint density at radius 3 is 2.60 bits per heavy atom. The quantitative estimate of drug-likeness (QED) is 0.698. The van der Waals surface area contributed by atoms with Crippen molar-refractivity contribution in [3.63, 3.8) is 0 Å². The number of urea groups is 1. The van der Waals surface area contributed by atoms with E-state index < -0.39 is 0 Å². The monoisotopic (exact) mass is 406 g/mol. The summed E-state index contributed by atoms with van der Waals surface area (Å²) in [6.07, 6.45) is 7.34. The van der Waals surface area contributed by atoms with Gasteiger partial charge in [0.1, 0.15) is 5.52 Å². The Morgan fingerprint density at radius 1 is 1.20 bits per heavy atom. The Hall–Kier alpha value is -2.96. The zero-order valence-corrected chi connectivity index (χ0v) is 18.2. The molecule has 0 atom stereocenters. The van der Waals surface area contributed by atoms with Gasteiger partial charge in [-0.1, -0.05) is 0 Å². The Labute approximate surface area is 177 Å². The smallest absolute Gasteiger partial charge is 0.317 e. The van der Waals surface area contributed by atoms with E-state index in [1.54, 1.807) is 6.20 Å². The number of carbonyl (C=O) groups is 1. The fourth-order valence-corrected chi connectivity index (χ4v) is 4.09. The van der Waals surface area contributed by atoms with Crippen LogP contribution in [0.3, 0.4) is 0 Å². The van der Waals surface area contributed by atoms with Crippen molar-refractivity contribution >= 4 is 17.1 Å². The first kappa shape index (κ1) is 20.3. The molecule has 1 N–H and O–H groups in total. The molecule has 0 aromatic carbocycles. The van der Waals surface area contributed by atoms with Gasteiger partial charge in [-0.2, -0.15) is 0 Å². The van der Waals surface area contributed by atoms with Gasteiger partial charge in [0.25, 0.3) is 0 Å². The van der Waals surface area contributed by atoms with Crippen LogP contribution >= 0.6 is 0 Å². The molecule has 7 heteroatoms. The second-order valence-corrected chi connectivity index (χ2v) is 8.62. The normalized spacial score (nSPS) is 15.3. The minimum atomic E-state index is 0.0285. The van der Waals surface area contributed by atoms with Crippen LogP contribution in [0.1, 0.15) is 58.2 Å². The third kappa shape index (κ3) is 4.01. The molecule has 1 aliphatic heterocycles. The molecule has 3 aromatic rings. The van der Waals surface area contributed by atoms with Crippen LogP contribution in [0.5, 0.6) is 0 Å². The zero-order valence-electron chi connectivity index (χ0n) is 18.2. The standard InChI is InChI=1S/C23H30N6O/c1-15(2)26-23(30)28-10-7-17(8-11-28)19-12-20-22(25-14-29(20)16(3)4)21(27-19)18-6-5-9-24-13-18/h5-6,9,12-17H,7-8,10-11H2,1-4H3,(H,26,30). The van der Waals surface area contributed by atoms with Gasteiger partial charge in [0.15, 0.2) is 0 Å². The lowest BCUT2D eigenvalue weighted by atomic mass is 9.92. The molecule has 3 aromatic heterocycles. The van der Waals surface area contributed by atoms with E-state index in [4.69, 9.17) is 4.98 Å². The predicted octanol–water partition coefficient (Wildman–Crippen LogP) is 4.37. The van der Waals surface area contributed by atoms with Gasteiger partial charge >= 0.3 is 6.03 Å². The van der Waals surface area contributed by atoms with Crippen LogP contribution in [0.15, 0.2) is 36.9 Å². The molecule has 158 valence electrons. The highest BCUT2D eigenvalue weighted by Gasteiger charge is 2.26. The fraction of sp³-hybridized carbons (Fsp3) is 0.478. The van der Waals surface area contributed by atoms with Gasteiger partial charge in [0.2, 0.25) is 0 Å². The lowest BCUT2D eigenvalue weighted by molar-refractivity contribution is 0.178. The molecule has 0 radical (unpaired) electrons. The molecule has 0 unspecified atom stereocenters. The first-order chi connectivity index (χ1) is 14.4. The summed E-state index contributed by atoms with van der Waals surface area (Å²) in [6.45, 7) is 9.79. The van der Waals surface area contributed by atoms with Crippen LogP contribution < -0.4 is 5.32 Å². The van der Waals surface area contributed by atoms with E-state index in [9.17, 15) is 4.79 Å². The summed E-state index contributed by atoms with van der Waals surface area (Å²) in [6, 6.07) is 6.65. The minimum Gasteiger partial charge on any atom is -0.336 e. The van der Waals surface area contributed by atoms with Crippen LogP contribution in [0, 0.1) is 0 Å². The highest BCUT2D eigenvalue weighted by atomic mass is 16.2. The van der Waals surface area contributed by atoms with E-state index in [1.807, 2.05) is 43.4 Å². The van der Waals surface area contributed by atoms with E-state index in [-0.39, 0.29) is 12.1 Å². The topological polar surface area (TPSA) is 75.9 Å². The summed E-state index contributed by atoms with van der Waals surface area (Å²) in [4.78, 5) is 28.3. The number of rotatable bonds is 4. The number of likely N-dealkylation sites (tertiary alicyclic amines) is 1. The number of amides is 2. The first-order valence-corrected chi connectivity index (χ1v) is 10.8. The molecule has 4 heterocycles. The number of carbonyl (C=O) groups excluding carboxylic acids is 1. The van der Waals surface area contributed by atoms with E-state index in [0.29, 0.717) is 12.0 Å². The molecule has 0 saturated carbocycles. The van der Waals surface area contributed by atoms with Crippen molar-refractivity contribution in [2.45, 2.75) is 58.5 Å². The number of hydrogen-bond donors (Lipinski definition) is 1. The maximum atomic E-state index is 12.3. The number of nitrogens with zero attached hydrogens (tertiary/aromatic N) is 5. The molecule has 1 fully saturated rings. The van der Waals surface area contributed by atoms with Crippen molar-refractivity contribution < 1.29 is 4.79 Å². The third-order valence-corrected chi connectivity index (χ3v) is 5.69. The molecule has 30 heavy (non-hydrogen) atoms. The molecule has 0 aliphatic carbocycles. The lowest BCUT2D eigenvalue weighted by Crippen LogP contribution is -2.46. The third-order valence-electron chi connectivity index (χ3n) is 5.69. The zero-order chi connectivity index (χ0) is 21.3. The van der Waals surface area contributed by atoms with Gasteiger partial charge in [-0.05, 0) is 58.7 Å². The molecule has 7 nitrogen and oxygen atoms in total. The van der Waals surface area contributed by atoms with E-state index in [1.165, 1.54) is 0 Å². The Bertz CT molecular complexity index is 1020. The van der Waals surface area contributed by atoms with Crippen LogP contribution in [0.25, 0.3) is 22.3 Å². The van der Waals surface area contributed by atoms with Crippen LogP contribution in [0.4, 0.5) is 4.79 Å². The molecule has 0 bridgehead atoms. The summed E-state index contributed by atoms with van der Waals surface area (Å²) in [5, 5.41) is 2.99. The summed E-state index contributed by atoms with van der Waals surface area (Å²) in [5.41, 5.74) is 4.96. The largest absolute Gasteiger partial charge is 0.336 e. The Kier molecular flexibility index (Phi) is 5.70. The number of nitrogens with one attached hydrogen (secondary N) is 1. The molecule has 1 saturated heterocycles. The summed E-state index contributed by atoms with van der Waals surface area (Å²) >= 11 is 0. The van der Waals surface area contributed by atoms with E-state index in [2.05, 4.69) is 39.8 Å². The second-order valence-electron chi connectivity index (χ2n) is 8.62. The number of pyridine rings is 2. The van der Waals surface area contributed by atoms with Crippen LogP contribution in [0.2, 0.25) is 0 Å². The van der Waals surface area contributed by atoms with Crippen molar-refractivity contribution in [1.29, 1.82) is 0 Å². The molecular formula is C23H30N6O. The SMILES string of the molecule is CC(C)NC(=O)N1CCC(c2cc3c(ncn3C(C)C)c(-c3cccnc3)n2)CC1. The van der Waals surface area contributed by atoms with Crippen molar-refractivity contribution in [3.05, 3.63) is 42.6 Å². The Balaban J connectivity index is 1.66. The van der Waals surface area contributed by atoms with Gasteiger partial charge < -0.3 is 14.8 Å². The summed E-state index contributed by atoms with van der Waals surface area (Å²) in [5.74, 6) is 0.323. The van der Waals surface area contributed by atoms with E-state index in [0.717, 1.165) is 53.9 Å². The average Bonchev–Trinajstić information content (AvgIpc) is 3.17.